The lowest BCUT2D eigenvalue weighted by Crippen LogP contribution is -2.49. The molecule has 5 nitrogen and oxygen atoms in total. The molecule has 1 saturated heterocycles. The summed E-state index contributed by atoms with van der Waals surface area (Å²) in [6.07, 6.45) is 0. The minimum absolute atomic E-state index is 0.0616. The van der Waals surface area contributed by atoms with Crippen molar-refractivity contribution in [2.75, 3.05) is 51.1 Å². The Labute approximate surface area is 120 Å². The van der Waals surface area contributed by atoms with Crippen LogP contribution in [0.4, 0.5) is 5.69 Å². The van der Waals surface area contributed by atoms with Gasteiger partial charge in [-0.3, -0.25) is 14.6 Å². The monoisotopic (exact) mass is 276 g/mol. The highest BCUT2D eigenvalue weighted by atomic mass is 16.2. The fourth-order valence-electron chi connectivity index (χ4n) is 2.46. The predicted octanol–water partition coefficient (Wildman–Crippen LogP) is 0.510. The Balaban J connectivity index is 1.77. The van der Waals surface area contributed by atoms with Gasteiger partial charge >= 0.3 is 0 Å². The van der Waals surface area contributed by atoms with Crippen molar-refractivity contribution in [2.24, 2.45) is 5.73 Å². The Bertz CT molecular complexity index is 441. The Morgan fingerprint density at radius 2 is 1.85 bits per heavy atom. The molecule has 1 aromatic carbocycles. The SMILES string of the molecule is Cc1ccccc1NC(=O)CN1CCN(CCN)CC1. The summed E-state index contributed by atoms with van der Waals surface area (Å²) < 4.78 is 0. The van der Waals surface area contributed by atoms with Crippen molar-refractivity contribution < 1.29 is 4.79 Å². The molecule has 1 amide bonds. The molecule has 0 unspecified atom stereocenters. The number of benzene rings is 1. The molecule has 0 aromatic heterocycles. The van der Waals surface area contributed by atoms with E-state index < -0.39 is 0 Å². The molecule has 0 spiro atoms. The number of carbonyl (C=O) groups is 1. The molecule has 1 aliphatic heterocycles. The summed E-state index contributed by atoms with van der Waals surface area (Å²) >= 11 is 0. The molecule has 0 bridgehead atoms. The van der Waals surface area contributed by atoms with Gasteiger partial charge in [-0.05, 0) is 18.6 Å². The fourth-order valence-corrected chi connectivity index (χ4v) is 2.46. The first kappa shape index (κ1) is 15.0. The quantitative estimate of drug-likeness (QED) is 0.822. The van der Waals surface area contributed by atoms with Crippen LogP contribution in [-0.4, -0.2) is 61.5 Å². The Morgan fingerprint density at radius 3 is 2.50 bits per heavy atom. The maximum atomic E-state index is 12.1. The van der Waals surface area contributed by atoms with Crippen molar-refractivity contribution in [3.63, 3.8) is 0 Å². The van der Waals surface area contributed by atoms with Crippen molar-refractivity contribution in [1.29, 1.82) is 0 Å². The van der Waals surface area contributed by atoms with Crippen LogP contribution in [0.1, 0.15) is 5.56 Å². The first-order valence-electron chi connectivity index (χ1n) is 7.19. The molecule has 1 aromatic rings. The van der Waals surface area contributed by atoms with Crippen LogP contribution in [0.3, 0.4) is 0 Å². The zero-order valence-electron chi connectivity index (χ0n) is 12.1. The van der Waals surface area contributed by atoms with Crippen LogP contribution in [0.5, 0.6) is 0 Å². The third-order valence-corrected chi connectivity index (χ3v) is 3.70. The van der Waals surface area contributed by atoms with Gasteiger partial charge in [0.05, 0.1) is 6.54 Å². The van der Waals surface area contributed by atoms with Gasteiger partial charge in [-0.25, -0.2) is 0 Å². The van der Waals surface area contributed by atoms with Gasteiger partial charge in [0.15, 0.2) is 0 Å². The average molecular weight is 276 g/mol. The number of anilines is 1. The number of aryl methyl sites for hydroxylation is 1. The van der Waals surface area contributed by atoms with E-state index in [4.69, 9.17) is 5.73 Å². The molecule has 0 atom stereocenters. The summed E-state index contributed by atoms with van der Waals surface area (Å²) in [7, 11) is 0. The number of hydrogen-bond acceptors (Lipinski definition) is 4. The van der Waals surface area contributed by atoms with E-state index in [0.29, 0.717) is 13.1 Å². The molecule has 1 heterocycles. The van der Waals surface area contributed by atoms with E-state index in [0.717, 1.165) is 44.0 Å². The number of nitrogens with zero attached hydrogens (tertiary/aromatic N) is 2. The highest BCUT2D eigenvalue weighted by Gasteiger charge is 2.18. The molecule has 2 rings (SSSR count). The van der Waals surface area contributed by atoms with E-state index in [2.05, 4.69) is 15.1 Å². The molecule has 20 heavy (non-hydrogen) atoms. The van der Waals surface area contributed by atoms with Crippen LogP contribution in [0.15, 0.2) is 24.3 Å². The number of amides is 1. The largest absolute Gasteiger partial charge is 0.329 e. The topological polar surface area (TPSA) is 61.6 Å². The van der Waals surface area contributed by atoms with Gasteiger partial charge in [0.25, 0.3) is 0 Å². The standard InChI is InChI=1S/C15H24N4O/c1-13-4-2-3-5-14(13)17-15(20)12-19-10-8-18(7-6-16)9-11-19/h2-5H,6-12,16H2,1H3,(H,17,20). The molecule has 0 aliphatic carbocycles. The molecule has 1 aliphatic rings. The van der Waals surface area contributed by atoms with Crippen molar-refractivity contribution in [3.05, 3.63) is 29.8 Å². The molecular formula is C15H24N4O. The summed E-state index contributed by atoms with van der Waals surface area (Å²) in [4.78, 5) is 16.6. The van der Waals surface area contributed by atoms with Gasteiger partial charge in [-0.1, -0.05) is 18.2 Å². The highest BCUT2D eigenvalue weighted by molar-refractivity contribution is 5.92. The van der Waals surface area contributed by atoms with E-state index in [1.807, 2.05) is 31.2 Å². The Kier molecular flexibility index (Phi) is 5.52. The first-order valence-corrected chi connectivity index (χ1v) is 7.19. The maximum absolute atomic E-state index is 12.1. The van der Waals surface area contributed by atoms with E-state index in [9.17, 15) is 4.79 Å². The Morgan fingerprint density at radius 1 is 1.20 bits per heavy atom. The number of nitrogens with one attached hydrogen (secondary N) is 1. The molecule has 3 N–H and O–H groups in total. The minimum Gasteiger partial charge on any atom is -0.329 e. The van der Waals surface area contributed by atoms with Crippen molar-refractivity contribution in [1.82, 2.24) is 9.80 Å². The summed E-state index contributed by atoms with van der Waals surface area (Å²) in [5, 5.41) is 2.98. The van der Waals surface area contributed by atoms with Crippen LogP contribution >= 0.6 is 0 Å². The molecule has 5 heteroatoms. The van der Waals surface area contributed by atoms with Crippen molar-refractivity contribution in [3.8, 4) is 0 Å². The van der Waals surface area contributed by atoms with Crippen LogP contribution < -0.4 is 11.1 Å². The fraction of sp³-hybridized carbons (Fsp3) is 0.533. The minimum atomic E-state index is 0.0616. The van der Waals surface area contributed by atoms with Crippen LogP contribution in [0.25, 0.3) is 0 Å². The van der Waals surface area contributed by atoms with Crippen LogP contribution in [-0.2, 0) is 4.79 Å². The van der Waals surface area contributed by atoms with Crippen LogP contribution in [0.2, 0.25) is 0 Å². The van der Waals surface area contributed by atoms with E-state index >= 15 is 0 Å². The number of nitrogens with two attached hydrogens (primary N) is 1. The summed E-state index contributed by atoms with van der Waals surface area (Å²) in [5.41, 5.74) is 7.55. The average Bonchev–Trinajstić information content (AvgIpc) is 2.44. The van der Waals surface area contributed by atoms with E-state index in [1.54, 1.807) is 0 Å². The number of piperazine rings is 1. The zero-order valence-corrected chi connectivity index (χ0v) is 12.1. The number of carbonyl (C=O) groups excluding carboxylic acids is 1. The lowest BCUT2D eigenvalue weighted by molar-refractivity contribution is -0.117. The third kappa shape index (κ3) is 4.30. The van der Waals surface area contributed by atoms with Crippen molar-refractivity contribution >= 4 is 11.6 Å². The summed E-state index contributed by atoms with van der Waals surface area (Å²) in [5.74, 6) is 0.0616. The van der Waals surface area contributed by atoms with Gasteiger partial charge in [-0.2, -0.15) is 0 Å². The van der Waals surface area contributed by atoms with Gasteiger partial charge < -0.3 is 11.1 Å². The molecule has 110 valence electrons. The van der Waals surface area contributed by atoms with Gasteiger partial charge in [-0.15, -0.1) is 0 Å². The second-order valence-corrected chi connectivity index (χ2v) is 5.27. The first-order chi connectivity index (χ1) is 9.69. The Hall–Kier alpha value is -1.43. The summed E-state index contributed by atoms with van der Waals surface area (Å²) in [6, 6.07) is 7.85. The number of para-hydroxylation sites is 1. The second kappa shape index (κ2) is 7.38. The van der Waals surface area contributed by atoms with Gasteiger partial charge in [0.1, 0.15) is 0 Å². The van der Waals surface area contributed by atoms with Crippen LogP contribution in [0, 0.1) is 6.92 Å². The second-order valence-electron chi connectivity index (χ2n) is 5.27. The number of rotatable bonds is 5. The zero-order chi connectivity index (χ0) is 14.4. The lowest BCUT2D eigenvalue weighted by atomic mass is 10.2. The van der Waals surface area contributed by atoms with E-state index in [-0.39, 0.29) is 5.91 Å². The van der Waals surface area contributed by atoms with Gasteiger partial charge in [0.2, 0.25) is 5.91 Å². The van der Waals surface area contributed by atoms with Crippen molar-refractivity contribution in [2.45, 2.75) is 6.92 Å². The third-order valence-electron chi connectivity index (χ3n) is 3.70. The predicted molar refractivity (Wildman–Crippen MR) is 81.7 cm³/mol. The highest BCUT2D eigenvalue weighted by Crippen LogP contribution is 2.13. The lowest BCUT2D eigenvalue weighted by Gasteiger charge is -2.33. The number of hydrogen-bond donors (Lipinski definition) is 2. The smallest absolute Gasteiger partial charge is 0.238 e. The molecule has 0 saturated carbocycles. The molecular weight excluding hydrogens is 252 g/mol. The maximum Gasteiger partial charge on any atom is 0.238 e. The normalized spacial score (nSPS) is 17.1. The van der Waals surface area contributed by atoms with E-state index in [1.165, 1.54) is 0 Å². The summed E-state index contributed by atoms with van der Waals surface area (Å²) in [6.45, 7) is 7.97. The van der Waals surface area contributed by atoms with Gasteiger partial charge in [0, 0.05) is 45.0 Å². The molecule has 0 radical (unpaired) electrons. The molecule has 1 fully saturated rings.